The quantitative estimate of drug-likeness (QED) is 0.513. The molecule has 28 heavy (non-hydrogen) atoms. The third-order valence-electron chi connectivity index (χ3n) is 4.15. The molecule has 2 amide bonds. The number of benzene rings is 2. The van der Waals surface area contributed by atoms with Gasteiger partial charge in [-0.2, -0.15) is 0 Å². The first-order valence-electron chi connectivity index (χ1n) is 8.49. The molecule has 0 radical (unpaired) electrons. The molecule has 0 bridgehead atoms. The lowest BCUT2D eigenvalue weighted by Crippen LogP contribution is -2.20. The van der Waals surface area contributed by atoms with Gasteiger partial charge in [0.15, 0.2) is 4.96 Å². The molecule has 8 heteroatoms. The normalized spacial score (nSPS) is 10.6. The number of nitrogens with zero attached hydrogens (tertiary/aromatic N) is 2. The second-order valence-corrected chi connectivity index (χ2v) is 6.82. The minimum absolute atomic E-state index is 0.372. The molecular weight excluding hydrogens is 376 g/mol. The van der Waals surface area contributed by atoms with Crippen LogP contribution >= 0.6 is 11.3 Å². The number of urea groups is 1. The number of fused-ring (bicyclic) bond motifs is 1. The molecule has 0 aliphatic rings. The monoisotopic (exact) mass is 394 g/mol. The van der Waals surface area contributed by atoms with E-state index in [0.717, 1.165) is 16.2 Å². The highest BCUT2D eigenvalue weighted by molar-refractivity contribution is 7.15. The SMILES string of the molecule is COc1cc(NC(=O)Nc2ccccc2-c2cn3ccsc3n2)cc(OC)c1. The molecule has 4 aromatic rings. The number of hydrogen-bond donors (Lipinski definition) is 2. The van der Waals surface area contributed by atoms with Gasteiger partial charge in [0.1, 0.15) is 11.5 Å². The minimum atomic E-state index is -0.372. The fourth-order valence-corrected chi connectivity index (χ4v) is 3.54. The smallest absolute Gasteiger partial charge is 0.323 e. The zero-order valence-electron chi connectivity index (χ0n) is 15.3. The van der Waals surface area contributed by atoms with Crippen molar-refractivity contribution in [3.63, 3.8) is 0 Å². The van der Waals surface area contributed by atoms with Gasteiger partial charge in [0.2, 0.25) is 0 Å². The lowest BCUT2D eigenvalue weighted by molar-refractivity contribution is 0.262. The van der Waals surface area contributed by atoms with Crippen LogP contribution in [0.5, 0.6) is 11.5 Å². The molecule has 0 spiro atoms. The molecule has 2 N–H and O–H groups in total. The second kappa shape index (κ2) is 7.61. The molecule has 0 aliphatic carbocycles. The van der Waals surface area contributed by atoms with Crippen LogP contribution in [0.25, 0.3) is 16.2 Å². The highest BCUT2D eigenvalue weighted by atomic mass is 32.1. The summed E-state index contributed by atoms with van der Waals surface area (Å²) >= 11 is 1.56. The molecule has 2 aromatic carbocycles. The lowest BCUT2D eigenvalue weighted by Gasteiger charge is -2.12. The third kappa shape index (κ3) is 3.63. The van der Waals surface area contributed by atoms with Crippen LogP contribution in [0.3, 0.4) is 0 Å². The third-order valence-corrected chi connectivity index (χ3v) is 4.92. The predicted molar refractivity (Wildman–Crippen MR) is 111 cm³/mol. The Balaban J connectivity index is 1.56. The summed E-state index contributed by atoms with van der Waals surface area (Å²) in [5.74, 6) is 1.18. The first kappa shape index (κ1) is 17.9. The van der Waals surface area contributed by atoms with Crippen molar-refractivity contribution >= 4 is 33.7 Å². The number of carbonyl (C=O) groups excluding carboxylic acids is 1. The van der Waals surface area contributed by atoms with E-state index in [1.165, 1.54) is 0 Å². The summed E-state index contributed by atoms with van der Waals surface area (Å²) < 4.78 is 12.4. The number of aromatic nitrogens is 2. The largest absolute Gasteiger partial charge is 0.497 e. The van der Waals surface area contributed by atoms with Crippen LogP contribution in [0.15, 0.2) is 60.2 Å². The van der Waals surface area contributed by atoms with Crippen molar-refractivity contribution in [2.24, 2.45) is 0 Å². The number of nitrogens with one attached hydrogen (secondary N) is 2. The Morgan fingerprint density at radius 3 is 2.54 bits per heavy atom. The van der Waals surface area contributed by atoms with E-state index in [1.807, 2.05) is 46.4 Å². The Kier molecular flexibility index (Phi) is 4.86. The number of rotatable bonds is 5. The van der Waals surface area contributed by atoms with Crippen LogP contribution in [0.4, 0.5) is 16.2 Å². The average molecular weight is 394 g/mol. The van der Waals surface area contributed by atoms with Gasteiger partial charge < -0.3 is 20.1 Å². The van der Waals surface area contributed by atoms with Crippen molar-refractivity contribution in [2.75, 3.05) is 24.9 Å². The molecular formula is C20H18N4O3S. The molecule has 0 saturated carbocycles. The van der Waals surface area contributed by atoms with E-state index in [4.69, 9.17) is 9.47 Å². The van der Waals surface area contributed by atoms with E-state index in [2.05, 4.69) is 15.6 Å². The maximum atomic E-state index is 12.6. The summed E-state index contributed by atoms with van der Waals surface area (Å²) in [5.41, 5.74) is 2.87. The van der Waals surface area contributed by atoms with Crippen LogP contribution in [0.2, 0.25) is 0 Å². The number of hydrogen-bond acceptors (Lipinski definition) is 5. The number of thiazole rings is 1. The predicted octanol–water partition coefficient (Wildman–Crippen LogP) is 4.72. The molecule has 2 aromatic heterocycles. The zero-order valence-corrected chi connectivity index (χ0v) is 16.1. The highest BCUT2D eigenvalue weighted by Gasteiger charge is 2.12. The van der Waals surface area contributed by atoms with Crippen LogP contribution in [-0.4, -0.2) is 29.6 Å². The highest BCUT2D eigenvalue weighted by Crippen LogP contribution is 2.29. The molecule has 4 rings (SSSR count). The van der Waals surface area contributed by atoms with Crippen molar-refractivity contribution in [1.29, 1.82) is 0 Å². The van der Waals surface area contributed by atoms with Crippen LogP contribution in [-0.2, 0) is 0 Å². The summed E-state index contributed by atoms with van der Waals surface area (Å²) in [7, 11) is 3.12. The molecule has 0 unspecified atom stereocenters. The van der Waals surface area contributed by atoms with Gasteiger partial charge in [-0.1, -0.05) is 18.2 Å². The van der Waals surface area contributed by atoms with Crippen molar-refractivity contribution in [3.05, 3.63) is 60.2 Å². The minimum Gasteiger partial charge on any atom is -0.497 e. The molecule has 0 fully saturated rings. The summed E-state index contributed by atoms with van der Waals surface area (Å²) in [4.78, 5) is 18.1. The van der Waals surface area contributed by atoms with Gasteiger partial charge in [-0.05, 0) is 6.07 Å². The van der Waals surface area contributed by atoms with Crippen LogP contribution < -0.4 is 20.1 Å². The zero-order chi connectivity index (χ0) is 19.5. The van der Waals surface area contributed by atoms with E-state index >= 15 is 0 Å². The molecule has 142 valence electrons. The number of methoxy groups -OCH3 is 2. The summed E-state index contributed by atoms with van der Waals surface area (Å²) in [6, 6.07) is 12.4. The number of anilines is 2. The van der Waals surface area contributed by atoms with Gasteiger partial charge in [-0.3, -0.25) is 4.40 Å². The van der Waals surface area contributed by atoms with Gasteiger partial charge in [-0.25, -0.2) is 9.78 Å². The number of carbonyl (C=O) groups is 1. The Morgan fingerprint density at radius 1 is 1.07 bits per heavy atom. The summed E-state index contributed by atoms with van der Waals surface area (Å²) in [5, 5.41) is 7.68. The standard InChI is InChI=1S/C20H18N4O3S/c1-26-14-9-13(10-15(11-14)27-2)21-19(25)22-17-6-4-3-5-16(17)18-12-24-7-8-28-20(24)23-18/h3-12H,1-2H3,(H2,21,22,25). The molecule has 0 saturated heterocycles. The first-order valence-corrected chi connectivity index (χ1v) is 9.37. The van der Waals surface area contributed by atoms with Crippen LogP contribution in [0, 0.1) is 0 Å². The first-order chi connectivity index (χ1) is 13.7. The number of ether oxygens (including phenoxy) is 2. The van der Waals surface area contributed by atoms with Crippen molar-refractivity contribution in [2.45, 2.75) is 0 Å². The number of imidazole rings is 1. The Morgan fingerprint density at radius 2 is 1.82 bits per heavy atom. The summed E-state index contributed by atoms with van der Waals surface area (Å²) in [6.45, 7) is 0. The topological polar surface area (TPSA) is 76.9 Å². The molecule has 0 atom stereocenters. The fraction of sp³-hybridized carbons (Fsp3) is 0.100. The molecule has 0 aliphatic heterocycles. The second-order valence-electron chi connectivity index (χ2n) is 5.95. The van der Waals surface area contributed by atoms with Crippen molar-refractivity contribution < 1.29 is 14.3 Å². The van der Waals surface area contributed by atoms with E-state index in [9.17, 15) is 4.79 Å². The maximum absolute atomic E-state index is 12.6. The van der Waals surface area contributed by atoms with Crippen molar-refractivity contribution in [3.8, 4) is 22.8 Å². The Labute approximate surface area is 165 Å². The Hall–Kier alpha value is -3.52. The lowest BCUT2D eigenvalue weighted by atomic mass is 10.1. The molecule has 7 nitrogen and oxygen atoms in total. The van der Waals surface area contributed by atoms with Gasteiger partial charge in [0.05, 0.1) is 25.6 Å². The van der Waals surface area contributed by atoms with E-state index in [-0.39, 0.29) is 6.03 Å². The van der Waals surface area contributed by atoms with Crippen molar-refractivity contribution in [1.82, 2.24) is 9.38 Å². The van der Waals surface area contributed by atoms with Gasteiger partial charge in [-0.15, -0.1) is 11.3 Å². The molecule has 2 heterocycles. The van der Waals surface area contributed by atoms with Gasteiger partial charge in [0, 0.05) is 47.2 Å². The average Bonchev–Trinajstić information content (AvgIpc) is 3.30. The fourth-order valence-electron chi connectivity index (χ4n) is 2.84. The Bertz CT molecular complexity index is 1080. The van der Waals surface area contributed by atoms with E-state index in [0.29, 0.717) is 22.9 Å². The number of para-hydroxylation sites is 1. The number of amides is 2. The van der Waals surface area contributed by atoms with Crippen LogP contribution in [0.1, 0.15) is 0 Å². The summed E-state index contributed by atoms with van der Waals surface area (Å²) in [6.07, 6.45) is 3.90. The maximum Gasteiger partial charge on any atom is 0.323 e. The van der Waals surface area contributed by atoms with Gasteiger partial charge >= 0.3 is 6.03 Å². The van der Waals surface area contributed by atoms with Gasteiger partial charge in [0.25, 0.3) is 0 Å². The van der Waals surface area contributed by atoms with E-state index < -0.39 is 0 Å². The van der Waals surface area contributed by atoms with E-state index in [1.54, 1.807) is 43.8 Å².